The predicted octanol–water partition coefficient (Wildman–Crippen LogP) is 3.43. The summed E-state index contributed by atoms with van der Waals surface area (Å²) in [4.78, 5) is 0. The molecule has 6 nitrogen and oxygen atoms in total. The Kier molecular flexibility index (Phi) is 7.04. The average molecular weight is 434 g/mol. The molecule has 0 spiro atoms. The van der Waals surface area contributed by atoms with Crippen molar-refractivity contribution in [2.24, 2.45) is 7.05 Å². The molecule has 0 aliphatic heterocycles. The first-order chi connectivity index (χ1) is 12.7. The molecule has 0 unspecified atom stereocenters. The lowest BCUT2D eigenvalue weighted by molar-refractivity contribution is 0.302. The minimum atomic E-state index is 0.560. The molecule has 0 amide bonds. The molecule has 3 rings (SSSR count). The van der Waals surface area contributed by atoms with Gasteiger partial charge in [0.1, 0.15) is 12.4 Å². The Balaban J connectivity index is 1.50. The Morgan fingerprint density at radius 3 is 2.81 bits per heavy atom. The van der Waals surface area contributed by atoms with Crippen molar-refractivity contribution in [1.82, 2.24) is 25.5 Å². The van der Waals surface area contributed by atoms with Crippen molar-refractivity contribution in [1.29, 1.82) is 0 Å². The van der Waals surface area contributed by atoms with E-state index in [0.717, 1.165) is 45.3 Å². The van der Waals surface area contributed by atoms with Crippen LogP contribution in [0.25, 0.3) is 0 Å². The van der Waals surface area contributed by atoms with Crippen molar-refractivity contribution in [2.45, 2.75) is 18.3 Å². The third-order valence-corrected chi connectivity index (χ3v) is 5.17. The molecule has 0 aliphatic rings. The van der Waals surface area contributed by atoms with Crippen LogP contribution < -0.4 is 10.1 Å². The van der Waals surface area contributed by atoms with Crippen molar-refractivity contribution in [3.63, 3.8) is 0 Å². The molecule has 1 N–H and O–H groups in total. The highest BCUT2D eigenvalue weighted by molar-refractivity contribution is 9.10. The minimum absolute atomic E-state index is 0.560. The lowest BCUT2D eigenvalue weighted by Crippen LogP contribution is -2.17. The smallest absolute Gasteiger partial charge is 0.209 e. The number of halogens is 1. The number of rotatable bonds is 9. The number of thioether (sulfide) groups is 1. The van der Waals surface area contributed by atoms with E-state index in [9.17, 15) is 0 Å². The van der Waals surface area contributed by atoms with Crippen molar-refractivity contribution in [2.75, 3.05) is 12.3 Å². The summed E-state index contributed by atoms with van der Waals surface area (Å²) in [5, 5.41) is 15.7. The number of aromatic nitrogens is 4. The number of nitrogens with one attached hydrogen (secondary N) is 1. The third kappa shape index (κ3) is 5.55. The van der Waals surface area contributed by atoms with E-state index >= 15 is 0 Å². The van der Waals surface area contributed by atoms with E-state index in [2.05, 4.69) is 55.0 Å². The van der Waals surface area contributed by atoms with E-state index in [-0.39, 0.29) is 0 Å². The molecule has 0 saturated heterocycles. The number of benzene rings is 2. The Bertz CT molecular complexity index is 827. The first-order valence-electron chi connectivity index (χ1n) is 8.23. The van der Waals surface area contributed by atoms with E-state index in [4.69, 9.17) is 4.74 Å². The molecule has 0 aliphatic carbocycles. The lowest BCUT2D eigenvalue weighted by atomic mass is 10.2. The summed E-state index contributed by atoms with van der Waals surface area (Å²) in [7, 11) is 1.84. The standard InChI is InChI=1S/C18H20BrN5OS/c1-24-18(21-22-23-24)26-10-9-20-12-15-11-16(19)7-8-17(15)25-13-14-5-3-2-4-6-14/h2-8,11,20H,9-10,12-13H2,1H3. The minimum Gasteiger partial charge on any atom is -0.489 e. The zero-order valence-electron chi connectivity index (χ0n) is 14.4. The largest absolute Gasteiger partial charge is 0.489 e. The second-order valence-electron chi connectivity index (χ2n) is 5.64. The molecule has 1 aromatic heterocycles. The number of nitrogens with zero attached hydrogens (tertiary/aromatic N) is 4. The summed E-state index contributed by atoms with van der Waals surface area (Å²) in [5.74, 6) is 1.79. The summed E-state index contributed by atoms with van der Waals surface area (Å²) in [6.45, 7) is 2.15. The summed E-state index contributed by atoms with van der Waals surface area (Å²) in [5.41, 5.74) is 2.28. The van der Waals surface area contributed by atoms with E-state index in [1.165, 1.54) is 0 Å². The van der Waals surface area contributed by atoms with Crippen molar-refractivity contribution >= 4 is 27.7 Å². The molecule has 8 heteroatoms. The number of hydrogen-bond acceptors (Lipinski definition) is 6. The normalized spacial score (nSPS) is 10.8. The van der Waals surface area contributed by atoms with Gasteiger partial charge in [-0.15, -0.1) is 5.10 Å². The SMILES string of the molecule is Cn1nnnc1SCCNCc1cc(Br)ccc1OCc1ccccc1. The van der Waals surface area contributed by atoms with Crippen LogP contribution >= 0.6 is 27.7 Å². The highest BCUT2D eigenvalue weighted by atomic mass is 79.9. The van der Waals surface area contributed by atoms with Crippen LogP contribution in [0.4, 0.5) is 0 Å². The van der Waals surface area contributed by atoms with Gasteiger partial charge in [-0.2, -0.15) is 0 Å². The summed E-state index contributed by atoms with van der Waals surface area (Å²) >= 11 is 5.16. The molecule has 0 radical (unpaired) electrons. The van der Waals surface area contributed by atoms with Gasteiger partial charge in [0.2, 0.25) is 5.16 Å². The van der Waals surface area contributed by atoms with Gasteiger partial charge in [-0.05, 0) is 34.2 Å². The van der Waals surface area contributed by atoms with Crippen molar-refractivity contribution < 1.29 is 4.74 Å². The van der Waals surface area contributed by atoms with E-state index < -0.39 is 0 Å². The van der Waals surface area contributed by atoms with Crippen LogP contribution in [-0.2, 0) is 20.2 Å². The summed E-state index contributed by atoms with van der Waals surface area (Å²) in [6, 6.07) is 16.3. The molecule has 0 bridgehead atoms. The van der Waals surface area contributed by atoms with E-state index in [1.807, 2.05) is 37.4 Å². The van der Waals surface area contributed by atoms with Gasteiger partial charge in [0.15, 0.2) is 0 Å². The maximum absolute atomic E-state index is 6.01. The Morgan fingerprint density at radius 1 is 1.19 bits per heavy atom. The molecule has 26 heavy (non-hydrogen) atoms. The lowest BCUT2D eigenvalue weighted by Gasteiger charge is -2.13. The van der Waals surface area contributed by atoms with E-state index in [0.29, 0.717) is 6.61 Å². The first-order valence-corrected chi connectivity index (χ1v) is 10.0. The number of hydrogen-bond donors (Lipinski definition) is 1. The molecule has 2 aromatic carbocycles. The zero-order chi connectivity index (χ0) is 18.2. The molecule has 3 aromatic rings. The fraction of sp³-hybridized carbons (Fsp3) is 0.278. The maximum Gasteiger partial charge on any atom is 0.209 e. The molecule has 1 heterocycles. The van der Waals surface area contributed by atoms with Gasteiger partial charge < -0.3 is 10.1 Å². The van der Waals surface area contributed by atoms with Gasteiger partial charge in [0.25, 0.3) is 0 Å². The number of tetrazole rings is 1. The average Bonchev–Trinajstić information content (AvgIpc) is 3.06. The van der Waals surface area contributed by atoms with Gasteiger partial charge in [0.05, 0.1) is 0 Å². The number of aryl methyl sites for hydroxylation is 1. The Hall–Kier alpha value is -1.90. The molecule has 0 atom stereocenters. The van der Waals surface area contributed by atoms with Gasteiger partial charge in [0, 0.05) is 35.9 Å². The van der Waals surface area contributed by atoms with Crippen LogP contribution in [-0.4, -0.2) is 32.5 Å². The van der Waals surface area contributed by atoms with Crippen LogP contribution in [0, 0.1) is 0 Å². The van der Waals surface area contributed by atoms with Crippen LogP contribution in [0.3, 0.4) is 0 Å². The highest BCUT2D eigenvalue weighted by Gasteiger charge is 2.06. The Morgan fingerprint density at radius 2 is 2.04 bits per heavy atom. The molecular formula is C18H20BrN5OS. The third-order valence-electron chi connectivity index (χ3n) is 3.67. The second kappa shape index (κ2) is 9.70. The first kappa shape index (κ1) is 18.9. The van der Waals surface area contributed by atoms with Crippen LogP contribution in [0.2, 0.25) is 0 Å². The summed E-state index contributed by atoms with van der Waals surface area (Å²) < 4.78 is 8.73. The van der Waals surface area contributed by atoms with Crippen molar-refractivity contribution in [3.05, 3.63) is 64.1 Å². The molecular weight excluding hydrogens is 414 g/mol. The summed E-state index contributed by atoms with van der Waals surface area (Å²) in [6.07, 6.45) is 0. The fourth-order valence-electron chi connectivity index (χ4n) is 2.34. The fourth-order valence-corrected chi connectivity index (χ4v) is 3.50. The van der Waals surface area contributed by atoms with Gasteiger partial charge in [-0.25, -0.2) is 4.68 Å². The predicted molar refractivity (Wildman–Crippen MR) is 106 cm³/mol. The van der Waals surface area contributed by atoms with E-state index in [1.54, 1.807) is 16.4 Å². The topological polar surface area (TPSA) is 64.9 Å². The van der Waals surface area contributed by atoms with Crippen LogP contribution in [0.1, 0.15) is 11.1 Å². The Labute approximate surface area is 165 Å². The van der Waals surface area contributed by atoms with Gasteiger partial charge in [-0.3, -0.25) is 0 Å². The van der Waals surface area contributed by atoms with Crippen LogP contribution in [0.15, 0.2) is 58.2 Å². The molecule has 0 saturated carbocycles. The van der Waals surface area contributed by atoms with Gasteiger partial charge >= 0.3 is 0 Å². The maximum atomic E-state index is 6.01. The molecule has 0 fully saturated rings. The monoisotopic (exact) mass is 433 g/mol. The van der Waals surface area contributed by atoms with Crippen LogP contribution in [0.5, 0.6) is 5.75 Å². The van der Waals surface area contributed by atoms with Gasteiger partial charge in [-0.1, -0.05) is 58.0 Å². The highest BCUT2D eigenvalue weighted by Crippen LogP contribution is 2.24. The zero-order valence-corrected chi connectivity index (χ0v) is 16.8. The molecule has 136 valence electrons. The second-order valence-corrected chi connectivity index (χ2v) is 7.61. The van der Waals surface area contributed by atoms with Crippen molar-refractivity contribution in [3.8, 4) is 5.75 Å². The quantitative estimate of drug-likeness (QED) is 0.411. The number of ether oxygens (including phenoxy) is 1.